The largest absolute Gasteiger partial charge is 0.497 e. The van der Waals surface area contributed by atoms with Crippen molar-refractivity contribution < 1.29 is 14.3 Å². The van der Waals surface area contributed by atoms with Crippen LogP contribution in [0.2, 0.25) is 5.02 Å². The van der Waals surface area contributed by atoms with Gasteiger partial charge in [-0.1, -0.05) is 29.8 Å². The first-order chi connectivity index (χ1) is 11.5. The zero-order chi connectivity index (χ0) is 17.5. The minimum atomic E-state index is -0.238. The highest BCUT2D eigenvalue weighted by Crippen LogP contribution is 2.29. The molecule has 5 heteroatoms. The Kier molecular flexibility index (Phi) is 6.27. The number of amides is 1. The molecular weight excluding hydrogens is 326 g/mol. The molecule has 0 radical (unpaired) electrons. The summed E-state index contributed by atoms with van der Waals surface area (Å²) >= 11 is 6.07. The van der Waals surface area contributed by atoms with Gasteiger partial charge in [0.2, 0.25) is 5.91 Å². The molecule has 1 amide bonds. The summed E-state index contributed by atoms with van der Waals surface area (Å²) in [5, 5.41) is 3.51. The highest BCUT2D eigenvalue weighted by atomic mass is 35.5. The molecule has 4 nitrogen and oxygen atoms in total. The van der Waals surface area contributed by atoms with Crippen LogP contribution in [0.15, 0.2) is 48.5 Å². The van der Waals surface area contributed by atoms with Crippen molar-refractivity contribution >= 4 is 23.6 Å². The highest BCUT2D eigenvalue weighted by Gasteiger charge is 2.14. The molecule has 0 heterocycles. The summed E-state index contributed by atoms with van der Waals surface area (Å²) in [6.45, 7) is 1.89. The van der Waals surface area contributed by atoms with Gasteiger partial charge < -0.3 is 14.8 Å². The molecule has 0 bridgehead atoms. The molecule has 0 aliphatic heterocycles. The van der Waals surface area contributed by atoms with Gasteiger partial charge in [0.15, 0.2) is 0 Å². The molecule has 0 unspecified atom stereocenters. The molecule has 2 aromatic rings. The first kappa shape index (κ1) is 17.9. The SMILES string of the molecule is COc1ccc(OC)c([C@H](C)NC(=O)/C=C/c2ccccc2Cl)c1. The minimum Gasteiger partial charge on any atom is -0.497 e. The third-order valence-corrected chi connectivity index (χ3v) is 3.93. The number of rotatable bonds is 6. The van der Waals surface area contributed by atoms with E-state index in [-0.39, 0.29) is 11.9 Å². The van der Waals surface area contributed by atoms with Gasteiger partial charge in [0, 0.05) is 16.7 Å². The monoisotopic (exact) mass is 345 g/mol. The molecule has 0 aliphatic carbocycles. The van der Waals surface area contributed by atoms with Crippen molar-refractivity contribution in [3.05, 3.63) is 64.7 Å². The van der Waals surface area contributed by atoms with Crippen molar-refractivity contribution in [1.82, 2.24) is 5.32 Å². The van der Waals surface area contributed by atoms with Gasteiger partial charge in [-0.2, -0.15) is 0 Å². The van der Waals surface area contributed by atoms with Crippen molar-refractivity contribution in [2.75, 3.05) is 14.2 Å². The summed E-state index contributed by atoms with van der Waals surface area (Å²) in [6, 6.07) is 12.6. The van der Waals surface area contributed by atoms with Crippen LogP contribution in [0.3, 0.4) is 0 Å². The number of methoxy groups -OCH3 is 2. The quantitative estimate of drug-likeness (QED) is 0.796. The second-order valence-corrected chi connectivity index (χ2v) is 5.60. The zero-order valence-corrected chi connectivity index (χ0v) is 14.6. The number of carbonyl (C=O) groups excluding carboxylic acids is 1. The standard InChI is InChI=1S/C19H20ClNO3/c1-13(16-12-15(23-2)9-10-18(16)24-3)21-19(22)11-8-14-6-4-5-7-17(14)20/h4-13H,1-3H3,(H,21,22)/b11-8+/t13-/m0/s1. The van der Waals surface area contributed by atoms with E-state index in [1.807, 2.05) is 43.3 Å². The topological polar surface area (TPSA) is 47.6 Å². The number of benzene rings is 2. The number of hydrogen-bond acceptors (Lipinski definition) is 3. The van der Waals surface area contributed by atoms with Crippen molar-refractivity contribution in [3.8, 4) is 11.5 Å². The zero-order valence-electron chi connectivity index (χ0n) is 13.9. The van der Waals surface area contributed by atoms with E-state index in [4.69, 9.17) is 21.1 Å². The van der Waals surface area contributed by atoms with E-state index in [1.54, 1.807) is 26.4 Å². The van der Waals surface area contributed by atoms with Crippen molar-refractivity contribution in [3.63, 3.8) is 0 Å². The number of hydrogen-bond donors (Lipinski definition) is 1. The van der Waals surface area contributed by atoms with Crippen molar-refractivity contribution in [1.29, 1.82) is 0 Å². The third-order valence-electron chi connectivity index (χ3n) is 3.58. The van der Waals surface area contributed by atoms with Gasteiger partial charge in [-0.25, -0.2) is 0 Å². The van der Waals surface area contributed by atoms with E-state index in [0.717, 1.165) is 11.1 Å². The molecule has 0 spiro atoms. The molecule has 2 aromatic carbocycles. The summed E-state index contributed by atoms with van der Waals surface area (Å²) in [5.41, 5.74) is 1.64. The predicted molar refractivity (Wildman–Crippen MR) is 96.6 cm³/mol. The van der Waals surface area contributed by atoms with Gasteiger partial charge in [0.05, 0.1) is 20.3 Å². The van der Waals surface area contributed by atoms with Crippen LogP contribution in [0, 0.1) is 0 Å². The molecular formula is C19H20ClNO3. The third kappa shape index (κ3) is 4.52. The molecule has 1 N–H and O–H groups in total. The molecule has 0 aliphatic rings. The van der Waals surface area contributed by atoms with Gasteiger partial charge in [-0.15, -0.1) is 0 Å². The lowest BCUT2D eigenvalue weighted by molar-refractivity contribution is -0.117. The van der Waals surface area contributed by atoms with Gasteiger partial charge in [-0.3, -0.25) is 4.79 Å². The van der Waals surface area contributed by atoms with E-state index in [2.05, 4.69) is 5.32 Å². The Bertz CT molecular complexity index is 743. The molecule has 0 fully saturated rings. The number of carbonyl (C=O) groups is 1. The Labute approximate surface area is 147 Å². The van der Waals surface area contributed by atoms with Crippen LogP contribution >= 0.6 is 11.6 Å². The van der Waals surface area contributed by atoms with Crippen LogP contribution in [-0.2, 0) is 4.79 Å². The lowest BCUT2D eigenvalue weighted by Crippen LogP contribution is -2.25. The Morgan fingerprint density at radius 3 is 2.58 bits per heavy atom. The van der Waals surface area contributed by atoms with Crippen LogP contribution in [0.1, 0.15) is 24.1 Å². The average molecular weight is 346 g/mol. The first-order valence-corrected chi connectivity index (χ1v) is 7.88. The minimum absolute atomic E-state index is 0.215. The second kappa shape index (κ2) is 8.41. The van der Waals surface area contributed by atoms with Gasteiger partial charge >= 0.3 is 0 Å². The van der Waals surface area contributed by atoms with Crippen LogP contribution < -0.4 is 14.8 Å². The molecule has 24 heavy (non-hydrogen) atoms. The number of halogens is 1. The van der Waals surface area contributed by atoms with Crippen LogP contribution in [-0.4, -0.2) is 20.1 Å². The summed E-state index contributed by atoms with van der Waals surface area (Å²) in [4.78, 5) is 12.2. The lowest BCUT2D eigenvalue weighted by atomic mass is 10.1. The Morgan fingerprint density at radius 1 is 1.17 bits per heavy atom. The number of nitrogens with one attached hydrogen (secondary N) is 1. The Hall–Kier alpha value is -2.46. The molecule has 0 saturated carbocycles. The van der Waals surface area contributed by atoms with Crippen LogP contribution in [0.4, 0.5) is 0 Å². The van der Waals surface area contributed by atoms with E-state index in [9.17, 15) is 4.79 Å². The fourth-order valence-electron chi connectivity index (χ4n) is 2.29. The lowest BCUT2D eigenvalue weighted by Gasteiger charge is -2.17. The smallest absolute Gasteiger partial charge is 0.244 e. The van der Waals surface area contributed by atoms with E-state index >= 15 is 0 Å². The van der Waals surface area contributed by atoms with E-state index in [0.29, 0.717) is 16.5 Å². The highest BCUT2D eigenvalue weighted by molar-refractivity contribution is 6.32. The fraction of sp³-hybridized carbons (Fsp3) is 0.211. The van der Waals surface area contributed by atoms with Gasteiger partial charge in [-0.05, 0) is 42.8 Å². The Morgan fingerprint density at radius 2 is 1.92 bits per heavy atom. The predicted octanol–water partition coefficient (Wildman–Crippen LogP) is 4.25. The fourth-order valence-corrected chi connectivity index (χ4v) is 2.49. The average Bonchev–Trinajstić information content (AvgIpc) is 2.60. The first-order valence-electron chi connectivity index (χ1n) is 7.50. The molecule has 0 saturated heterocycles. The summed E-state index contributed by atoms with van der Waals surface area (Å²) in [7, 11) is 3.19. The summed E-state index contributed by atoms with van der Waals surface area (Å²) < 4.78 is 10.6. The molecule has 2 rings (SSSR count). The van der Waals surface area contributed by atoms with Crippen molar-refractivity contribution in [2.45, 2.75) is 13.0 Å². The molecule has 126 valence electrons. The van der Waals surface area contributed by atoms with Gasteiger partial charge in [0.25, 0.3) is 0 Å². The number of ether oxygens (including phenoxy) is 2. The van der Waals surface area contributed by atoms with Crippen LogP contribution in [0.25, 0.3) is 6.08 Å². The van der Waals surface area contributed by atoms with E-state index in [1.165, 1.54) is 6.08 Å². The second-order valence-electron chi connectivity index (χ2n) is 5.19. The maximum absolute atomic E-state index is 12.2. The van der Waals surface area contributed by atoms with Crippen molar-refractivity contribution in [2.24, 2.45) is 0 Å². The molecule has 0 aromatic heterocycles. The summed E-state index contributed by atoms with van der Waals surface area (Å²) in [5.74, 6) is 1.18. The maximum atomic E-state index is 12.2. The maximum Gasteiger partial charge on any atom is 0.244 e. The van der Waals surface area contributed by atoms with E-state index < -0.39 is 0 Å². The normalized spacial score (nSPS) is 12.0. The van der Waals surface area contributed by atoms with Crippen LogP contribution in [0.5, 0.6) is 11.5 Å². The molecule has 1 atom stereocenters. The summed E-state index contributed by atoms with van der Waals surface area (Å²) in [6.07, 6.45) is 3.15. The van der Waals surface area contributed by atoms with Gasteiger partial charge in [0.1, 0.15) is 11.5 Å². The Balaban J connectivity index is 2.10.